The lowest BCUT2D eigenvalue weighted by Crippen LogP contribution is -2.43. The zero-order valence-electron chi connectivity index (χ0n) is 11.2. The van der Waals surface area contributed by atoms with Gasteiger partial charge in [-0.3, -0.25) is 14.4 Å². The Morgan fingerprint density at radius 3 is 2.52 bits per heavy atom. The lowest BCUT2D eigenvalue weighted by molar-refractivity contribution is -0.144. The summed E-state index contributed by atoms with van der Waals surface area (Å²) in [4.78, 5) is 36.1. The maximum Gasteiger partial charge on any atom is 0.323 e. The first-order chi connectivity index (χ1) is 9.99. The summed E-state index contributed by atoms with van der Waals surface area (Å²) in [7, 11) is 0. The number of hydrogen-bond acceptors (Lipinski definition) is 3. The monoisotopic (exact) mass is 354 g/mol. The van der Waals surface area contributed by atoms with Crippen LogP contribution in [-0.4, -0.2) is 46.9 Å². The van der Waals surface area contributed by atoms with Crippen molar-refractivity contribution in [2.24, 2.45) is 0 Å². The van der Waals surface area contributed by atoms with E-state index in [9.17, 15) is 14.4 Å². The van der Waals surface area contributed by atoms with Crippen LogP contribution in [0.15, 0.2) is 28.7 Å². The zero-order valence-corrected chi connectivity index (χ0v) is 12.8. The van der Waals surface area contributed by atoms with Gasteiger partial charge in [0.1, 0.15) is 6.54 Å². The molecule has 1 aliphatic rings. The molecule has 0 aromatic heterocycles. The van der Waals surface area contributed by atoms with Gasteiger partial charge in [-0.2, -0.15) is 0 Å². The molecule has 112 valence electrons. The number of halogens is 1. The van der Waals surface area contributed by atoms with Gasteiger partial charge < -0.3 is 15.3 Å². The molecule has 1 aliphatic carbocycles. The second kappa shape index (κ2) is 6.71. The fraction of sp³-hybridized carbons (Fsp3) is 0.357. The van der Waals surface area contributed by atoms with Crippen LogP contribution in [-0.2, 0) is 9.59 Å². The highest BCUT2D eigenvalue weighted by Crippen LogP contribution is 2.26. The van der Waals surface area contributed by atoms with Crippen molar-refractivity contribution in [1.29, 1.82) is 0 Å². The lowest BCUT2D eigenvalue weighted by atomic mass is 10.2. The van der Waals surface area contributed by atoms with Crippen molar-refractivity contribution in [1.82, 2.24) is 10.2 Å². The van der Waals surface area contributed by atoms with E-state index < -0.39 is 5.97 Å². The first-order valence-electron chi connectivity index (χ1n) is 6.53. The maximum absolute atomic E-state index is 12.0. The summed E-state index contributed by atoms with van der Waals surface area (Å²) in [5.41, 5.74) is 0.432. The van der Waals surface area contributed by atoms with Gasteiger partial charge in [0.2, 0.25) is 5.91 Å². The molecule has 1 aromatic carbocycles. The molecule has 0 bridgehead atoms. The smallest absolute Gasteiger partial charge is 0.323 e. The van der Waals surface area contributed by atoms with E-state index in [1.165, 1.54) is 4.90 Å². The highest BCUT2D eigenvalue weighted by molar-refractivity contribution is 9.10. The van der Waals surface area contributed by atoms with Crippen molar-refractivity contribution in [3.63, 3.8) is 0 Å². The van der Waals surface area contributed by atoms with Gasteiger partial charge in [-0.15, -0.1) is 0 Å². The van der Waals surface area contributed by atoms with Crippen molar-refractivity contribution in [2.75, 3.05) is 13.1 Å². The minimum absolute atomic E-state index is 0.00559. The molecule has 2 N–H and O–H groups in total. The summed E-state index contributed by atoms with van der Waals surface area (Å²) in [5.74, 6) is -1.80. The molecular weight excluding hydrogens is 340 g/mol. The van der Waals surface area contributed by atoms with Crippen LogP contribution in [0, 0.1) is 0 Å². The van der Waals surface area contributed by atoms with Gasteiger partial charge in [-0.25, -0.2) is 0 Å². The Morgan fingerprint density at radius 2 is 1.95 bits per heavy atom. The Morgan fingerprint density at radius 1 is 1.29 bits per heavy atom. The van der Waals surface area contributed by atoms with Crippen LogP contribution in [0.3, 0.4) is 0 Å². The topological polar surface area (TPSA) is 86.7 Å². The SMILES string of the molecule is O=C(O)CN(C(=O)CNC(=O)c1ccccc1Br)C1CC1. The molecule has 0 heterocycles. The fourth-order valence-corrected chi connectivity index (χ4v) is 2.42. The van der Waals surface area contributed by atoms with Crippen molar-refractivity contribution >= 4 is 33.7 Å². The highest BCUT2D eigenvalue weighted by Gasteiger charge is 2.33. The summed E-state index contributed by atoms with van der Waals surface area (Å²) < 4.78 is 0.638. The first kappa shape index (κ1) is 15.5. The van der Waals surface area contributed by atoms with Crippen molar-refractivity contribution in [3.8, 4) is 0 Å². The minimum Gasteiger partial charge on any atom is -0.480 e. The molecule has 21 heavy (non-hydrogen) atoms. The van der Waals surface area contributed by atoms with Crippen LogP contribution in [0.4, 0.5) is 0 Å². The Bertz CT molecular complexity index is 572. The third-order valence-electron chi connectivity index (χ3n) is 3.13. The van der Waals surface area contributed by atoms with E-state index in [1.807, 2.05) is 0 Å². The molecular formula is C14H15BrN2O4. The summed E-state index contributed by atoms with van der Waals surface area (Å²) in [6.45, 7) is -0.529. The van der Waals surface area contributed by atoms with Crippen LogP contribution < -0.4 is 5.32 Å². The Hall–Kier alpha value is -1.89. The molecule has 2 amide bonds. The molecule has 0 atom stereocenters. The van der Waals surface area contributed by atoms with E-state index in [0.717, 1.165) is 12.8 Å². The summed E-state index contributed by atoms with van der Waals surface area (Å²) in [6, 6.07) is 6.88. The summed E-state index contributed by atoms with van der Waals surface area (Å²) >= 11 is 3.26. The molecule has 1 saturated carbocycles. The van der Waals surface area contributed by atoms with E-state index in [2.05, 4.69) is 21.2 Å². The van der Waals surface area contributed by atoms with E-state index >= 15 is 0 Å². The van der Waals surface area contributed by atoms with Crippen LogP contribution in [0.25, 0.3) is 0 Å². The van der Waals surface area contributed by atoms with Gasteiger partial charge in [0, 0.05) is 10.5 Å². The van der Waals surface area contributed by atoms with Crippen molar-refractivity contribution in [2.45, 2.75) is 18.9 Å². The van der Waals surface area contributed by atoms with Gasteiger partial charge in [0.15, 0.2) is 0 Å². The van der Waals surface area contributed by atoms with Gasteiger partial charge in [0.25, 0.3) is 5.91 Å². The van der Waals surface area contributed by atoms with Gasteiger partial charge in [0.05, 0.1) is 12.1 Å². The Kier molecular flexibility index (Phi) is 4.95. The molecule has 6 nitrogen and oxygen atoms in total. The number of nitrogens with one attached hydrogen (secondary N) is 1. The second-order valence-electron chi connectivity index (χ2n) is 4.81. The third-order valence-corrected chi connectivity index (χ3v) is 3.82. The average Bonchev–Trinajstić information content (AvgIpc) is 3.26. The molecule has 2 rings (SSSR count). The molecule has 0 unspecified atom stereocenters. The fourth-order valence-electron chi connectivity index (χ4n) is 1.95. The first-order valence-corrected chi connectivity index (χ1v) is 7.32. The molecule has 0 aliphatic heterocycles. The number of carbonyl (C=O) groups is 3. The molecule has 0 spiro atoms. The summed E-state index contributed by atoms with van der Waals surface area (Å²) in [6.07, 6.45) is 1.63. The molecule has 1 fully saturated rings. The second-order valence-corrected chi connectivity index (χ2v) is 5.66. The van der Waals surface area contributed by atoms with E-state index in [0.29, 0.717) is 10.0 Å². The number of rotatable bonds is 6. The van der Waals surface area contributed by atoms with Crippen LogP contribution in [0.2, 0.25) is 0 Å². The molecule has 7 heteroatoms. The predicted octanol–water partition coefficient (Wildman–Crippen LogP) is 1.25. The van der Waals surface area contributed by atoms with E-state index in [-0.39, 0.29) is 30.9 Å². The standard InChI is InChI=1S/C14H15BrN2O4/c15-11-4-2-1-3-10(11)14(21)16-7-12(18)17(8-13(19)20)9-5-6-9/h1-4,9H,5-8H2,(H,16,21)(H,19,20). The number of carboxylic acids is 1. The number of nitrogens with zero attached hydrogens (tertiary/aromatic N) is 1. The number of carbonyl (C=O) groups excluding carboxylic acids is 2. The van der Waals surface area contributed by atoms with E-state index in [4.69, 9.17) is 5.11 Å². The largest absolute Gasteiger partial charge is 0.480 e. The average molecular weight is 355 g/mol. The number of benzene rings is 1. The number of carboxylic acid groups (broad SMARTS) is 1. The van der Waals surface area contributed by atoms with Crippen LogP contribution in [0.1, 0.15) is 23.2 Å². The number of hydrogen-bond donors (Lipinski definition) is 2. The molecule has 1 aromatic rings. The van der Waals surface area contributed by atoms with Crippen LogP contribution in [0.5, 0.6) is 0 Å². The van der Waals surface area contributed by atoms with Crippen LogP contribution >= 0.6 is 15.9 Å². The quantitative estimate of drug-likeness (QED) is 0.804. The Labute approximate surface area is 130 Å². The van der Waals surface area contributed by atoms with Crippen molar-refractivity contribution in [3.05, 3.63) is 34.3 Å². The maximum atomic E-state index is 12.0. The van der Waals surface area contributed by atoms with Gasteiger partial charge >= 0.3 is 5.97 Å². The lowest BCUT2D eigenvalue weighted by Gasteiger charge is -2.20. The predicted molar refractivity (Wildman–Crippen MR) is 78.8 cm³/mol. The normalized spacial score (nSPS) is 13.6. The number of amides is 2. The minimum atomic E-state index is -1.05. The molecule has 0 radical (unpaired) electrons. The van der Waals surface area contributed by atoms with E-state index in [1.54, 1.807) is 24.3 Å². The highest BCUT2D eigenvalue weighted by atomic mass is 79.9. The third kappa shape index (κ3) is 4.29. The van der Waals surface area contributed by atoms with Gasteiger partial charge in [-0.1, -0.05) is 12.1 Å². The Balaban J connectivity index is 1.92. The zero-order chi connectivity index (χ0) is 15.4. The summed E-state index contributed by atoms with van der Waals surface area (Å²) in [5, 5.41) is 11.3. The molecule has 0 saturated heterocycles. The number of aliphatic carboxylic acids is 1. The van der Waals surface area contributed by atoms with Crippen molar-refractivity contribution < 1.29 is 19.5 Å². The van der Waals surface area contributed by atoms with Gasteiger partial charge in [-0.05, 0) is 40.9 Å².